The normalized spacial score (nSPS) is 11.6. The molecular weight excluding hydrogens is 368 g/mol. The highest BCUT2D eigenvalue weighted by Crippen LogP contribution is 2.15. The minimum Gasteiger partial charge on any atom is -0.481 e. The average Bonchev–Trinajstić information content (AvgIpc) is 2.73. The Labute approximate surface area is 168 Å². The first-order valence-electron chi connectivity index (χ1n) is 9.36. The fraction of sp³-hybridized carbons (Fsp3) is 0.174. The summed E-state index contributed by atoms with van der Waals surface area (Å²) in [5, 5.41) is 16.3. The Bertz CT molecular complexity index is 1020. The monoisotopic (exact) mass is 390 g/mol. The predicted octanol–water partition coefficient (Wildman–Crippen LogP) is 2.77. The van der Waals surface area contributed by atoms with Gasteiger partial charge >= 0.3 is 5.97 Å². The van der Waals surface area contributed by atoms with Gasteiger partial charge in [0.25, 0.3) is 5.91 Å². The van der Waals surface area contributed by atoms with Crippen LogP contribution >= 0.6 is 0 Å². The maximum Gasteiger partial charge on any atom is 0.305 e. The van der Waals surface area contributed by atoms with Crippen molar-refractivity contribution in [1.82, 2.24) is 10.6 Å². The fourth-order valence-corrected chi connectivity index (χ4v) is 3.05. The van der Waals surface area contributed by atoms with Gasteiger partial charge in [-0.1, -0.05) is 60.7 Å². The summed E-state index contributed by atoms with van der Waals surface area (Å²) < 4.78 is 0. The van der Waals surface area contributed by atoms with Crippen molar-refractivity contribution in [2.75, 3.05) is 6.54 Å². The van der Waals surface area contributed by atoms with Crippen LogP contribution in [0, 0.1) is 0 Å². The lowest BCUT2D eigenvalue weighted by Crippen LogP contribution is -2.48. The number of aliphatic carboxylic acids is 1. The van der Waals surface area contributed by atoms with Crippen LogP contribution in [0.3, 0.4) is 0 Å². The Hall–Kier alpha value is -3.67. The molecule has 6 nitrogen and oxygen atoms in total. The number of amides is 2. The Morgan fingerprint density at radius 3 is 2.28 bits per heavy atom. The third-order valence-corrected chi connectivity index (χ3v) is 4.57. The van der Waals surface area contributed by atoms with E-state index in [4.69, 9.17) is 5.11 Å². The fourth-order valence-electron chi connectivity index (χ4n) is 3.05. The van der Waals surface area contributed by atoms with Crippen LogP contribution in [0.4, 0.5) is 0 Å². The predicted molar refractivity (Wildman–Crippen MR) is 111 cm³/mol. The van der Waals surface area contributed by atoms with Crippen molar-refractivity contribution < 1.29 is 19.5 Å². The molecule has 0 aliphatic heterocycles. The van der Waals surface area contributed by atoms with E-state index >= 15 is 0 Å². The molecule has 3 rings (SSSR count). The highest BCUT2D eigenvalue weighted by atomic mass is 16.4. The maximum atomic E-state index is 12.6. The number of carbonyl (C=O) groups excluding carboxylic acids is 2. The SMILES string of the molecule is O=C(O)C[C@H](NC(=O)c1ccc2ccccc2c1)C(=O)NCCc1ccccc1. The zero-order valence-corrected chi connectivity index (χ0v) is 15.8. The topological polar surface area (TPSA) is 95.5 Å². The van der Waals surface area contributed by atoms with Crippen molar-refractivity contribution in [1.29, 1.82) is 0 Å². The summed E-state index contributed by atoms with van der Waals surface area (Å²) in [5.74, 6) is -2.16. The molecule has 0 unspecified atom stereocenters. The van der Waals surface area contributed by atoms with Crippen LogP contribution in [-0.2, 0) is 16.0 Å². The van der Waals surface area contributed by atoms with E-state index in [0.717, 1.165) is 16.3 Å². The first kappa shape index (κ1) is 20.1. The van der Waals surface area contributed by atoms with Crippen LogP contribution in [0.5, 0.6) is 0 Å². The Morgan fingerprint density at radius 1 is 0.862 bits per heavy atom. The number of hydrogen-bond acceptors (Lipinski definition) is 3. The van der Waals surface area contributed by atoms with Crippen molar-refractivity contribution in [2.45, 2.75) is 18.9 Å². The van der Waals surface area contributed by atoms with E-state index in [1.807, 2.05) is 60.7 Å². The summed E-state index contributed by atoms with van der Waals surface area (Å²) in [6, 6.07) is 21.3. The molecule has 3 N–H and O–H groups in total. The number of rotatable bonds is 8. The second-order valence-electron chi connectivity index (χ2n) is 6.71. The Morgan fingerprint density at radius 2 is 1.55 bits per heavy atom. The van der Waals surface area contributed by atoms with Gasteiger partial charge in [-0.05, 0) is 34.9 Å². The molecule has 0 aliphatic carbocycles. The highest BCUT2D eigenvalue weighted by molar-refractivity contribution is 6.01. The Kier molecular flexibility index (Phi) is 6.58. The molecule has 6 heteroatoms. The van der Waals surface area contributed by atoms with E-state index in [1.54, 1.807) is 12.1 Å². The van der Waals surface area contributed by atoms with Gasteiger partial charge in [0.2, 0.25) is 5.91 Å². The van der Waals surface area contributed by atoms with Crippen LogP contribution < -0.4 is 10.6 Å². The lowest BCUT2D eigenvalue weighted by Gasteiger charge is -2.17. The zero-order valence-electron chi connectivity index (χ0n) is 15.8. The molecule has 0 aliphatic rings. The van der Waals surface area contributed by atoms with Crippen LogP contribution in [0.1, 0.15) is 22.3 Å². The number of carboxylic acids is 1. The molecule has 0 heterocycles. The Balaban J connectivity index is 1.64. The van der Waals surface area contributed by atoms with Crippen molar-refractivity contribution in [3.05, 3.63) is 83.9 Å². The molecule has 0 spiro atoms. The third kappa shape index (κ3) is 5.65. The lowest BCUT2D eigenvalue weighted by molar-refractivity contribution is -0.139. The van der Waals surface area contributed by atoms with E-state index in [1.165, 1.54) is 0 Å². The standard InChI is InChI=1S/C23H22N2O4/c26-21(27)15-20(23(29)24-13-12-16-6-2-1-3-7-16)25-22(28)19-11-10-17-8-4-5-9-18(17)14-19/h1-11,14,20H,12-13,15H2,(H,24,29)(H,25,28)(H,26,27)/t20-/m0/s1. The molecule has 3 aromatic carbocycles. The van der Waals surface area contributed by atoms with Gasteiger partial charge in [-0.15, -0.1) is 0 Å². The molecule has 0 bridgehead atoms. The number of fused-ring (bicyclic) bond motifs is 1. The summed E-state index contributed by atoms with van der Waals surface area (Å²) in [7, 11) is 0. The van der Waals surface area contributed by atoms with Gasteiger partial charge in [-0.25, -0.2) is 0 Å². The van der Waals surface area contributed by atoms with Gasteiger partial charge in [-0.3, -0.25) is 14.4 Å². The van der Waals surface area contributed by atoms with Crippen molar-refractivity contribution in [3.8, 4) is 0 Å². The van der Waals surface area contributed by atoms with Crippen LogP contribution in [0.15, 0.2) is 72.8 Å². The summed E-state index contributed by atoms with van der Waals surface area (Å²) in [6.45, 7) is 0.352. The highest BCUT2D eigenvalue weighted by Gasteiger charge is 2.24. The van der Waals surface area contributed by atoms with E-state index in [2.05, 4.69) is 10.6 Å². The molecular formula is C23H22N2O4. The second-order valence-corrected chi connectivity index (χ2v) is 6.71. The smallest absolute Gasteiger partial charge is 0.305 e. The number of benzene rings is 3. The molecule has 0 fully saturated rings. The first-order valence-corrected chi connectivity index (χ1v) is 9.36. The summed E-state index contributed by atoms with van der Waals surface area (Å²) in [4.78, 5) is 36.2. The van der Waals surface area contributed by atoms with Gasteiger partial charge < -0.3 is 15.7 Å². The second kappa shape index (κ2) is 9.50. The van der Waals surface area contributed by atoms with Crippen molar-refractivity contribution in [2.24, 2.45) is 0 Å². The molecule has 29 heavy (non-hydrogen) atoms. The van der Waals surface area contributed by atoms with Crippen LogP contribution in [0.25, 0.3) is 10.8 Å². The summed E-state index contributed by atoms with van der Waals surface area (Å²) >= 11 is 0. The van der Waals surface area contributed by atoms with Crippen LogP contribution in [-0.4, -0.2) is 35.5 Å². The minimum atomic E-state index is -1.16. The molecule has 148 valence electrons. The van der Waals surface area contributed by atoms with Gasteiger partial charge in [0.05, 0.1) is 6.42 Å². The number of carbonyl (C=O) groups is 3. The van der Waals surface area contributed by atoms with Gasteiger partial charge in [0, 0.05) is 12.1 Å². The molecule has 2 amide bonds. The number of nitrogens with one attached hydrogen (secondary N) is 2. The largest absolute Gasteiger partial charge is 0.481 e. The zero-order chi connectivity index (χ0) is 20.6. The summed E-state index contributed by atoms with van der Waals surface area (Å²) in [5.41, 5.74) is 1.43. The molecule has 0 radical (unpaired) electrons. The molecule has 1 atom stereocenters. The number of carboxylic acid groups (broad SMARTS) is 1. The average molecular weight is 390 g/mol. The quantitative estimate of drug-likeness (QED) is 0.551. The summed E-state index contributed by atoms with van der Waals surface area (Å²) in [6.07, 6.45) is 0.126. The molecule has 0 saturated carbocycles. The van der Waals surface area contributed by atoms with E-state index in [0.29, 0.717) is 18.5 Å². The van der Waals surface area contributed by atoms with Crippen LogP contribution in [0.2, 0.25) is 0 Å². The lowest BCUT2D eigenvalue weighted by atomic mass is 10.1. The third-order valence-electron chi connectivity index (χ3n) is 4.57. The van der Waals surface area contributed by atoms with Gasteiger partial charge in [0.15, 0.2) is 0 Å². The van der Waals surface area contributed by atoms with Gasteiger partial charge in [-0.2, -0.15) is 0 Å². The maximum absolute atomic E-state index is 12.6. The molecule has 0 aromatic heterocycles. The van der Waals surface area contributed by atoms with E-state index in [-0.39, 0.29) is 0 Å². The van der Waals surface area contributed by atoms with Gasteiger partial charge in [0.1, 0.15) is 6.04 Å². The minimum absolute atomic E-state index is 0.352. The van der Waals surface area contributed by atoms with E-state index in [9.17, 15) is 14.4 Å². The van der Waals surface area contributed by atoms with Crippen molar-refractivity contribution >= 4 is 28.6 Å². The van der Waals surface area contributed by atoms with E-state index < -0.39 is 30.2 Å². The molecule has 0 saturated heterocycles. The molecule has 3 aromatic rings. The number of hydrogen-bond donors (Lipinski definition) is 3. The first-order chi connectivity index (χ1) is 14.0. The van der Waals surface area contributed by atoms with Crippen molar-refractivity contribution in [3.63, 3.8) is 0 Å².